The van der Waals surface area contributed by atoms with Gasteiger partial charge in [0.1, 0.15) is 12.4 Å². The van der Waals surface area contributed by atoms with Crippen molar-refractivity contribution < 1.29 is 23.8 Å². The van der Waals surface area contributed by atoms with Crippen molar-refractivity contribution in [1.29, 1.82) is 0 Å². The first kappa shape index (κ1) is 19.0. The molecular weight excluding hydrogens is 322 g/mol. The molecule has 25 heavy (non-hydrogen) atoms. The zero-order valence-corrected chi connectivity index (χ0v) is 14.8. The Balaban J connectivity index is 2.16. The SMILES string of the molecule is C=C(C)COc1ccccc1C(=O)N1CCOCC1CC(=O)OCC. The highest BCUT2D eigenvalue weighted by Crippen LogP contribution is 2.23. The van der Waals surface area contributed by atoms with E-state index in [0.717, 1.165) is 5.57 Å². The van der Waals surface area contributed by atoms with E-state index in [1.54, 1.807) is 30.0 Å². The van der Waals surface area contributed by atoms with Gasteiger partial charge in [-0.1, -0.05) is 18.7 Å². The van der Waals surface area contributed by atoms with E-state index in [9.17, 15) is 9.59 Å². The molecule has 136 valence electrons. The Morgan fingerprint density at radius 1 is 1.36 bits per heavy atom. The van der Waals surface area contributed by atoms with Crippen LogP contribution in [0.1, 0.15) is 30.6 Å². The van der Waals surface area contributed by atoms with Crippen LogP contribution in [-0.2, 0) is 14.3 Å². The molecule has 1 aromatic carbocycles. The van der Waals surface area contributed by atoms with Gasteiger partial charge in [-0.2, -0.15) is 0 Å². The second-order valence-electron chi connectivity index (χ2n) is 5.98. The zero-order valence-electron chi connectivity index (χ0n) is 14.8. The molecule has 1 unspecified atom stereocenters. The molecule has 6 nitrogen and oxygen atoms in total. The number of rotatable bonds is 7. The molecule has 1 heterocycles. The Labute approximate surface area is 148 Å². The molecule has 1 saturated heterocycles. The number of ether oxygens (including phenoxy) is 3. The highest BCUT2D eigenvalue weighted by molar-refractivity contribution is 5.97. The number of amides is 1. The minimum absolute atomic E-state index is 0.119. The summed E-state index contributed by atoms with van der Waals surface area (Å²) in [6.45, 7) is 9.28. The summed E-state index contributed by atoms with van der Waals surface area (Å²) in [5, 5.41) is 0. The number of carbonyl (C=O) groups is 2. The Hall–Kier alpha value is -2.34. The number of esters is 1. The molecule has 1 atom stereocenters. The number of carbonyl (C=O) groups excluding carboxylic acids is 2. The van der Waals surface area contributed by atoms with Gasteiger partial charge in [0.2, 0.25) is 0 Å². The van der Waals surface area contributed by atoms with Crippen molar-refractivity contribution in [3.8, 4) is 5.75 Å². The van der Waals surface area contributed by atoms with Crippen molar-refractivity contribution in [2.24, 2.45) is 0 Å². The molecule has 6 heteroatoms. The largest absolute Gasteiger partial charge is 0.488 e. The Morgan fingerprint density at radius 3 is 2.84 bits per heavy atom. The van der Waals surface area contributed by atoms with Gasteiger partial charge < -0.3 is 19.1 Å². The summed E-state index contributed by atoms with van der Waals surface area (Å²) in [7, 11) is 0. The van der Waals surface area contributed by atoms with Gasteiger partial charge in [-0.25, -0.2) is 0 Å². The fourth-order valence-corrected chi connectivity index (χ4v) is 2.63. The molecule has 0 aliphatic carbocycles. The number of hydrogen-bond acceptors (Lipinski definition) is 5. The molecule has 0 aromatic heterocycles. The van der Waals surface area contributed by atoms with Crippen LogP contribution in [-0.4, -0.2) is 55.8 Å². The highest BCUT2D eigenvalue weighted by atomic mass is 16.5. The van der Waals surface area contributed by atoms with E-state index >= 15 is 0 Å². The van der Waals surface area contributed by atoms with Gasteiger partial charge in [0, 0.05) is 6.54 Å². The van der Waals surface area contributed by atoms with E-state index in [1.807, 2.05) is 13.0 Å². The maximum absolute atomic E-state index is 13.0. The van der Waals surface area contributed by atoms with E-state index in [2.05, 4.69) is 6.58 Å². The molecule has 1 amide bonds. The van der Waals surface area contributed by atoms with E-state index < -0.39 is 0 Å². The van der Waals surface area contributed by atoms with Crippen LogP contribution >= 0.6 is 0 Å². The van der Waals surface area contributed by atoms with E-state index in [4.69, 9.17) is 14.2 Å². The van der Waals surface area contributed by atoms with Crippen molar-refractivity contribution in [3.63, 3.8) is 0 Å². The van der Waals surface area contributed by atoms with Crippen LogP contribution in [0.2, 0.25) is 0 Å². The zero-order chi connectivity index (χ0) is 18.2. The number of hydrogen-bond donors (Lipinski definition) is 0. The molecule has 1 aliphatic rings. The lowest BCUT2D eigenvalue weighted by Crippen LogP contribution is -2.49. The quantitative estimate of drug-likeness (QED) is 0.560. The van der Waals surface area contributed by atoms with E-state index in [-0.39, 0.29) is 24.3 Å². The molecule has 0 saturated carbocycles. The van der Waals surface area contributed by atoms with Crippen molar-refractivity contribution in [3.05, 3.63) is 42.0 Å². The third-order valence-electron chi connectivity index (χ3n) is 3.79. The average molecular weight is 347 g/mol. The summed E-state index contributed by atoms with van der Waals surface area (Å²) in [4.78, 5) is 26.5. The predicted octanol–water partition coefficient (Wildman–Crippen LogP) is 2.44. The van der Waals surface area contributed by atoms with Crippen LogP contribution in [0, 0.1) is 0 Å². The topological polar surface area (TPSA) is 65.1 Å². The minimum atomic E-state index is -0.338. The van der Waals surface area contributed by atoms with Crippen LogP contribution < -0.4 is 4.74 Å². The Bertz CT molecular complexity index is 628. The van der Waals surface area contributed by atoms with Gasteiger partial charge in [-0.3, -0.25) is 9.59 Å². The normalized spacial score (nSPS) is 17.0. The smallest absolute Gasteiger partial charge is 0.307 e. The second-order valence-corrected chi connectivity index (χ2v) is 5.98. The summed E-state index contributed by atoms with van der Waals surface area (Å²) in [5.74, 6) is 0.00871. The van der Waals surface area contributed by atoms with Gasteiger partial charge in [0.05, 0.1) is 37.8 Å². The molecule has 0 radical (unpaired) electrons. The first-order valence-corrected chi connectivity index (χ1v) is 8.43. The number of benzene rings is 1. The Kier molecular flexibility index (Phi) is 7.01. The van der Waals surface area contributed by atoms with Gasteiger partial charge in [0.25, 0.3) is 5.91 Å². The van der Waals surface area contributed by atoms with Crippen molar-refractivity contribution in [2.75, 3.05) is 33.0 Å². The molecule has 1 aromatic rings. The number of para-hydroxylation sites is 1. The molecule has 0 N–H and O–H groups in total. The summed E-state index contributed by atoms with van der Waals surface area (Å²) < 4.78 is 16.1. The molecule has 2 rings (SSSR count). The van der Waals surface area contributed by atoms with Crippen LogP contribution in [0.15, 0.2) is 36.4 Å². The van der Waals surface area contributed by atoms with Gasteiger partial charge >= 0.3 is 5.97 Å². The molecule has 0 bridgehead atoms. The third-order valence-corrected chi connectivity index (χ3v) is 3.79. The standard InChI is InChI=1S/C19H25NO5/c1-4-24-18(21)11-15-13-23-10-9-20(15)19(22)16-7-5-6-8-17(16)25-12-14(2)3/h5-8,15H,2,4,9-13H2,1,3H3. The van der Waals surface area contributed by atoms with Crippen molar-refractivity contribution in [2.45, 2.75) is 26.3 Å². The van der Waals surface area contributed by atoms with Gasteiger partial charge in [-0.05, 0) is 31.6 Å². The van der Waals surface area contributed by atoms with Crippen LogP contribution in [0.5, 0.6) is 5.75 Å². The molecule has 0 spiro atoms. The lowest BCUT2D eigenvalue weighted by Gasteiger charge is -2.35. The second kappa shape index (κ2) is 9.22. The first-order valence-electron chi connectivity index (χ1n) is 8.43. The van der Waals surface area contributed by atoms with E-state index in [1.165, 1.54) is 0 Å². The summed E-state index contributed by atoms with van der Waals surface area (Å²) >= 11 is 0. The molecule has 1 fully saturated rings. The minimum Gasteiger partial charge on any atom is -0.488 e. The fraction of sp³-hybridized carbons (Fsp3) is 0.474. The van der Waals surface area contributed by atoms with Crippen molar-refractivity contribution >= 4 is 11.9 Å². The predicted molar refractivity (Wildman–Crippen MR) is 93.6 cm³/mol. The van der Waals surface area contributed by atoms with Crippen LogP contribution in [0.4, 0.5) is 0 Å². The lowest BCUT2D eigenvalue weighted by molar-refractivity contribution is -0.145. The van der Waals surface area contributed by atoms with Gasteiger partial charge in [-0.15, -0.1) is 0 Å². The maximum atomic E-state index is 13.0. The number of morpholine rings is 1. The molecule has 1 aliphatic heterocycles. The van der Waals surface area contributed by atoms with Crippen LogP contribution in [0.25, 0.3) is 0 Å². The Morgan fingerprint density at radius 2 is 2.12 bits per heavy atom. The first-order chi connectivity index (χ1) is 12.0. The number of nitrogens with zero attached hydrogens (tertiary/aromatic N) is 1. The summed E-state index contributed by atoms with van der Waals surface area (Å²) in [6, 6.07) is 6.76. The van der Waals surface area contributed by atoms with Gasteiger partial charge in [0.15, 0.2) is 0 Å². The highest BCUT2D eigenvalue weighted by Gasteiger charge is 2.31. The average Bonchev–Trinajstić information content (AvgIpc) is 2.60. The van der Waals surface area contributed by atoms with E-state index in [0.29, 0.717) is 44.3 Å². The third kappa shape index (κ3) is 5.32. The fourth-order valence-electron chi connectivity index (χ4n) is 2.63. The monoisotopic (exact) mass is 347 g/mol. The van der Waals surface area contributed by atoms with Crippen molar-refractivity contribution in [1.82, 2.24) is 4.90 Å². The molecular formula is C19H25NO5. The summed E-state index contributed by atoms with van der Waals surface area (Å²) in [6.07, 6.45) is 0.119. The maximum Gasteiger partial charge on any atom is 0.307 e. The van der Waals surface area contributed by atoms with Crippen LogP contribution in [0.3, 0.4) is 0 Å². The summed E-state index contributed by atoms with van der Waals surface area (Å²) in [5.41, 5.74) is 1.34. The lowest BCUT2D eigenvalue weighted by atomic mass is 10.1.